The van der Waals surface area contributed by atoms with E-state index < -0.39 is 23.6 Å². The molecule has 1 aliphatic carbocycles. The van der Waals surface area contributed by atoms with Crippen molar-refractivity contribution in [1.29, 1.82) is 0 Å². The number of benzene rings is 1. The standard InChI is InChI=1S/C27H27F4N9O2.2ClH/c28-20-11-17(3-4-18(20)26(42)38-9-7-37(8-10-38)22(41)12-32)35-24-25-34-13-21(40(25)6-5-33-24)19-15-39(14-16-1-2-16)36-23(19)27(29,30)31;;/h3-6,11,13,15-16H,1-2,7-10,12,14,32H2,(H,33,35);2*1H. The molecule has 3 aromatic heterocycles. The fourth-order valence-electron chi connectivity index (χ4n) is 5.04. The Bertz CT molecular complexity index is 1660. The number of carbonyl (C=O) groups excluding carboxylic acids is 2. The lowest BCUT2D eigenvalue weighted by Gasteiger charge is -2.34. The molecule has 0 atom stereocenters. The second kappa shape index (κ2) is 13.0. The molecule has 2 amide bonds. The van der Waals surface area contributed by atoms with E-state index >= 15 is 4.39 Å². The highest BCUT2D eigenvalue weighted by atomic mass is 35.5. The van der Waals surface area contributed by atoms with Gasteiger partial charge in [-0.3, -0.25) is 18.7 Å². The molecule has 1 aromatic carbocycles. The molecule has 11 nitrogen and oxygen atoms in total. The van der Waals surface area contributed by atoms with Gasteiger partial charge in [0, 0.05) is 57.0 Å². The van der Waals surface area contributed by atoms with Crippen LogP contribution in [-0.4, -0.2) is 78.5 Å². The van der Waals surface area contributed by atoms with Crippen LogP contribution in [0.4, 0.5) is 29.1 Å². The summed E-state index contributed by atoms with van der Waals surface area (Å²) in [6.45, 7) is 1.46. The number of imidazole rings is 1. The van der Waals surface area contributed by atoms with Gasteiger partial charge < -0.3 is 20.9 Å². The van der Waals surface area contributed by atoms with Crippen LogP contribution in [0.1, 0.15) is 28.9 Å². The average molecular weight is 658 g/mol. The van der Waals surface area contributed by atoms with E-state index in [4.69, 9.17) is 5.73 Å². The molecule has 1 aliphatic heterocycles. The first-order chi connectivity index (χ1) is 20.1. The van der Waals surface area contributed by atoms with Gasteiger partial charge in [0.2, 0.25) is 5.91 Å². The Kier molecular flexibility index (Phi) is 9.71. The monoisotopic (exact) mass is 657 g/mol. The molecule has 3 N–H and O–H groups in total. The third-order valence-corrected chi connectivity index (χ3v) is 7.43. The van der Waals surface area contributed by atoms with Gasteiger partial charge >= 0.3 is 6.18 Å². The summed E-state index contributed by atoms with van der Waals surface area (Å²) in [6, 6.07) is 3.99. The van der Waals surface area contributed by atoms with Gasteiger partial charge in [-0.25, -0.2) is 14.4 Å². The Morgan fingerprint density at radius 2 is 1.75 bits per heavy atom. The van der Waals surface area contributed by atoms with Crippen LogP contribution in [0.25, 0.3) is 16.9 Å². The smallest absolute Gasteiger partial charge is 0.338 e. The van der Waals surface area contributed by atoms with Gasteiger partial charge in [-0.2, -0.15) is 18.3 Å². The maximum atomic E-state index is 15.1. The summed E-state index contributed by atoms with van der Waals surface area (Å²) in [4.78, 5) is 36.3. The van der Waals surface area contributed by atoms with Crippen LogP contribution in [0.2, 0.25) is 0 Å². The number of halogens is 6. The molecule has 0 radical (unpaired) electrons. The molecule has 6 rings (SSSR count). The zero-order chi connectivity index (χ0) is 29.6. The predicted octanol–water partition coefficient (Wildman–Crippen LogP) is 3.99. The normalized spacial score (nSPS) is 15.1. The third-order valence-electron chi connectivity index (χ3n) is 7.43. The topological polar surface area (TPSA) is 127 Å². The van der Waals surface area contributed by atoms with Crippen LogP contribution in [0.3, 0.4) is 0 Å². The van der Waals surface area contributed by atoms with Crippen molar-refractivity contribution in [2.24, 2.45) is 11.7 Å². The summed E-state index contributed by atoms with van der Waals surface area (Å²) in [5.74, 6) is -0.956. The van der Waals surface area contributed by atoms with Crippen molar-refractivity contribution in [3.63, 3.8) is 0 Å². The van der Waals surface area contributed by atoms with Crippen LogP contribution in [0.5, 0.6) is 0 Å². The number of hydrogen-bond acceptors (Lipinski definition) is 7. The number of amides is 2. The molecule has 2 aliphatic rings. The SMILES string of the molecule is Cl.Cl.NCC(=O)N1CCN(C(=O)c2ccc(Nc3nccn4c(-c5cn(CC6CC6)nc5C(F)(F)F)cnc34)cc2F)CC1. The quantitative estimate of drug-likeness (QED) is 0.288. The minimum absolute atomic E-state index is 0. The van der Waals surface area contributed by atoms with E-state index in [9.17, 15) is 22.8 Å². The number of aromatic nitrogens is 5. The summed E-state index contributed by atoms with van der Waals surface area (Å²) in [7, 11) is 0. The Labute approximate surface area is 261 Å². The van der Waals surface area contributed by atoms with Crippen molar-refractivity contribution in [2.45, 2.75) is 25.6 Å². The number of fused-ring (bicyclic) bond motifs is 1. The highest BCUT2D eigenvalue weighted by Crippen LogP contribution is 2.38. The van der Waals surface area contributed by atoms with Gasteiger partial charge in [0.25, 0.3) is 5.91 Å². The number of carbonyl (C=O) groups is 2. The van der Waals surface area contributed by atoms with E-state index in [0.29, 0.717) is 25.6 Å². The van der Waals surface area contributed by atoms with Crippen molar-refractivity contribution in [3.8, 4) is 11.3 Å². The van der Waals surface area contributed by atoms with E-state index in [1.54, 1.807) is 4.90 Å². The van der Waals surface area contributed by atoms with E-state index in [-0.39, 0.29) is 84.3 Å². The van der Waals surface area contributed by atoms with Gasteiger partial charge in [-0.1, -0.05) is 0 Å². The Hall–Kier alpha value is -3.95. The third kappa shape index (κ3) is 6.59. The number of rotatable bonds is 7. The molecule has 236 valence electrons. The van der Waals surface area contributed by atoms with E-state index in [1.807, 2.05) is 0 Å². The maximum Gasteiger partial charge on any atom is 0.435 e. The second-order valence-corrected chi connectivity index (χ2v) is 10.4. The van der Waals surface area contributed by atoms with Gasteiger partial charge in [-0.05, 0) is 37.0 Å². The molecule has 0 spiro atoms. The molecule has 4 heterocycles. The fourth-order valence-corrected chi connectivity index (χ4v) is 5.04. The Balaban J connectivity index is 0.00000221. The van der Waals surface area contributed by atoms with Gasteiger partial charge in [0.05, 0.1) is 29.6 Å². The first kappa shape index (κ1) is 33.0. The Morgan fingerprint density at radius 1 is 1.05 bits per heavy atom. The number of alkyl halides is 3. The molecule has 4 aromatic rings. The highest BCUT2D eigenvalue weighted by Gasteiger charge is 2.39. The number of nitrogens with zero attached hydrogens (tertiary/aromatic N) is 7. The lowest BCUT2D eigenvalue weighted by molar-refractivity contribution is -0.141. The second-order valence-electron chi connectivity index (χ2n) is 10.4. The molecule has 1 saturated heterocycles. The molecular formula is C27H29Cl2F4N9O2. The maximum absolute atomic E-state index is 15.1. The molecule has 0 bridgehead atoms. The molecule has 2 fully saturated rings. The lowest BCUT2D eigenvalue weighted by atomic mass is 10.1. The van der Waals surface area contributed by atoms with Crippen LogP contribution in [-0.2, 0) is 17.5 Å². The van der Waals surface area contributed by atoms with Gasteiger partial charge in [0.1, 0.15) is 5.82 Å². The number of nitrogens with two attached hydrogens (primary N) is 1. The summed E-state index contributed by atoms with van der Waals surface area (Å²) < 4.78 is 59.5. The fraction of sp³-hybridized carbons (Fsp3) is 0.370. The summed E-state index contributed by atoms with van der Waals surface area (Å²) in [6.07, 6.45) is 2.87. The lowest BCUT2D eigenvalue weighted by Crippen LogP contribution is -2.52. The first-order valence-corrected chi connectivity index (χ1v) is 13.4. The van der Waals surface area contributed by atoms with Crippen molar-refractivity contribution < 1.29 is 27.2 Å². The van der Waals surface area contributed by atoms with Crippen molar-refractivity contribution in [1.82, 2.24) is 33.9 Å². The predicted molar refractivity (Wildman–Crippen MR) is 158 cm³/mol. The summed E-state index contributed by atoms with van der Waals surface area (Å²) in [5.41, 5.74) is 4.84. The average Bonchev–Trinajstić information content (AvgIpc) is 3.50. The summed E-state index contributed by atoms with van der Waals surface area (Å²) >= 11 is 0. The van der Waals surface area contributed by atoms with Crippen LogP contribution in [0, 0.1) is 11.7 Å². The zero-order valence-electron chi connectivity index (χ0n) is 23.1. The molecule has 1 saturated carbocycles. The zero-order valence-corrected chi connectivity index (χ0v) is 24.8. The number of anilines is 2. The van der Waals surface area contributed by atoms with E-state index in [1.165, 1.54) is 50.9 Å². The molecule has 17 heteroatoms. The molecular weight excluding hydrogens is 629 g/mol. The van der Waals surface area contributed by atoms with E-state index in [2.05, 4.69) is 20.4 Å². The first-order valence-electron chi connectivity index (χ1n) is 13.4. The molecule has 0 unspecified atom stereocenters. The Morgan fingerprint density at radius 3 is 2.39 bits per heavy atom. The minimum atomic E-state index is -4.66. The van der Waals surface area contributed by atoms with Crippen molar-refractivity contribution in [2.75, 3.05) is 38.0 Å². The number of hydrogen-bond donors (Lipinski definition) is 2. The van der Waals surface area contributed by atoms with Crippen molar-refractivity contribution in [3.05, 3.63) is 60.1 Å². The number of nitrogens with one attached hydrogen (secondary N) is 1. The van der Waals surface area contributed by atoms with Crippen LogP contribution >= 0.6 is 24.8 Å². The molecule has 44 heavy (non-hydrogen) atoms. The van der Waals surface area contributed by atoms with Gasteiger partial charge in [0.15, 0.2) is 17.2 Å². The number of piperazine rings is 1. The van der Waals surface area contributed by atoms with Crippen LogP contribution < -0.4 is 11.1 Å². The van der Waals surface area contributed by atoms with E-state index in [0.717, 1.165) is 18.9 Å². The van der Waals surface area contributed by atoms with Crippen LogP contribution in [0.15, 0.2) is 43.0 Å². The van der Waals surface area contributed by atoms with Crippen molar-refractivity contribution >= 4 is 53.8 Å². The summed E-state index contributed by atoms with van der Waals surface area (Å²) in [5, 5.41) is 6.77. The minimum Gasteiger partial charge on any atom is -0.338 e. The van der Waals surface area contributed by atoms with Gasteiger partial charge in [-0.15, -0.1) is 24.8 Å². The largest absolute Gasteiger partial charge is 0.435 e. The highest BCUT2D eigenvalue weighted by molar-refractivity contribution is 5.95.